The molecule has 0 radical (unpaired) electrons. The number of amides is 1. The van der Waals surface area contributed by atoms with Crippen LogP contribution in [0, 0.1) is 0 Å². The van der Waals surface area contributed by atoms with E-state index in [4.69, 9.17) is 18.9 Å². The van der Waals surface area contributed by atoms with Gasteiger partial charge >= 0.3 is 0 Å². The van der Waals surface area contributed by atoms with E-state index in [9.17, 15) is 45.6 Å². The molecule has 14 nitrogen and oxygen atoms in total. The molecular weight excluding hydrogens is 955 g/mol. The van der Waals surface area contributed by atoms with Gasteiger partial charge in [-0.05, 0) is 83.5 Å². The van der Waals surface area contributed by atoms with Crippen LogP contribution < -0.4 is 5.32 Å². The first-order chi connectivity index (χ1) is 36.6. The van der Waals surface area contributed by atoms with Crippen LogP contribution in [0.25, 0.3) is 0 Å². The minimum atomic E-state index is -1.79. The Balaban J connectivity index is 1.73. The lowest BCUT2D eigenvalue weighted by Gasteiger charge is -2.46. The van der Waals surface area contributed by atoms with Gasteiger partial charge in [-0.2, -0.15) is 0 Å². The fraction of sp³-hybridized carbons (Fsp3) is 0.754. The minimum Gasteiger partial charge on any atom is -0.394 e. The van der Waals surface area contributed by atoms with E-state index in [-0.39, 0.29) is 18.9 Å². The zero-order valence-electron chi connectivity index (χ0n) is 46.3. The summed E-state index contributed by atoms with van der Waals surface area (Å²) < 4.78 is 22.7. The molecule has 9 N–H and O–H groups in total. The van der Waals surface area contributed by atoms with Crippen molar-refractivity contribution in [1.82, 2.24) is 5.32 Å². The number of unbranched alkanes of at least 4 members (excludes halogenated alkanes) is 20. The molecule has 12 atom stereocenters. The number of rotatable bonds is 45. The molecule has 0 aromatic heterocycles. The van der Waals surface area contributed by atoms with Crippen molar-refractivity contribution >= 4 is 5.91 Å². The standard InChI is InChI=1S/C61H105NO13/c1-3-5-7-9-11-13-15-17-19-20-21-22-23-24-25-26-27-28-29-30-31-33-35-37-39-41-43-45-53(66)62-49(50(65)44-42-40-38-36-34-32-18-16-14-12-10-8-6-4-2)48-72-60-58(71)56(69)59(52(47-64)74-60)75-61-57(70)55(68)54(67)51(46-63)73-61/h5,7,11,13-14,16-17,19,21-22,34,36,42,44,49-52,54-61,63-65,67-71H,3-4,6,8-10,12,15,18,20,23-33,35,37-41,43,45-48H2,1-2H3,(H,62,66)/b7-5-,13-11-,16-14+,19-17-,22-21-,36-34+,44-42+. The van der Waals surface area contributed by atoms with E-state index in [2.05, 4.69) is 92.1 Å². The first-order valence-corrected chi connectivity index (χ1v) is 29.3. The average Bonchev–Trinajstić information content (AvgIpc) is 3.41. The Morgan fingerprint density at radius 3 is 1.47 bits per heavy atom. The van der Waals surface area contributed by atoms with E-state index in [1.165, 1.54) is 96.3 Å². The van der Waals surface area contributed by atoms with Crippen molar-refractivity contribution in [2.75, 3.05) is 19.8 Å². The summed E-state index contributed by atoms with van der Waals surface area (Å²) in [5.74, 6) is -0.258. The minimum absolute atomic E-state index is 0.258. The molecule has 0 spiro atoms. The molecule has 1 amide bonds. The molecule has 2 aliphatic rings. The van der Waals surface area contributed by atoms with Crippen molar-refractivity contribution in [3.8, 4) is 0 Å². The van der Waals surface area contributed by atoms with Crippen LogP contribution in [0.15, 0.2) is 85.1 Å². The third-order valence-electron chi connectivity index (χ3n) is 13.8. The van der Waals surface area contributed by atoms with Gasteiger partial charge in [0.15, 0.2) is 12.6 Å². The van der Waals surface area contributed by atoms with Gasteiger partial charge in [-0.3, -0.25) is 4.79 Å². The average molecular weight is 1060 g/mol. The smallest absolute Gasteiger partial charge is 0.220 e. The second-order valence-corrected chi connectivity index (χ2v) is 20.4. The highest BCUT2D eigenvalue weighted by Gasteiger charge is 2.51. The van der Waals surface area contributed by atoms with E-state index in [0.717, 1.165) is 70.6 Å². The number of nitrogens with one attached hydrogen (secondary N) is 1. The number of hydrogen-bond acceptors (Lipinski definition) is 13. The summed E-state index contributed by atoms with van der Waals surface area (Å²) in [4.78, 5) is 13.2. The molecule has 2 saturated heterocycles. The lowest BCUT2D eigenvalue weighted by molar-refractivity contribution is -0.359. The zero-order valence-corrected chi connectivity index (χ0v) is 46.3. The molecule has 2 heterocycles. The molecule has 2 fully saturated rings. The Kier molecular flexibility index (Phi) is 42.0. The van der Waals surface area contributed by atoms with Crippen molar-refractivity contribution in [2.24, 2.45) is 0 Å². The van der Waals surface area contributed by atoms with Gasteiger partial charge in [0.05, 0.1) is 32.0 Å². The normalized spacial score (nSPS) is 25.7. The zero-order chi connectivity index (χ0) is 54.6. The highest BCUT2D eigenvalue weighted by atomic mass is 16.7. The molecule has 12 unspecified atom stereocenters. The number of allylic oxidation sites excluding steroid dienone is 13. The number of ether oxygens (including phenoxy) is 4. The van der Waals surface area contributed by atoms with Crippen molar-refractivity contribution < 1.29 is 64.6 Å². The lowest BCUT2D eigenvalue weighted by Crippen LogP contribution is -2.65. The van der Waals surface area contributed by atoms with Crippen LogP contribution in [0.4, 0.5) is 0 Å². The van der Waals surface area contributed by atoms with Crippen LogP contribution in [0.5, 0.6) is 0 Å². The highest BCUT2D eigenvalue weighted by Crippen LogP contribution is 2.30. The molecule has 2 rings (SSSR count). The monoisotopic (exact) mass is 1060 g/mol. The first-order valence-electron chi connectivity index (χ1n) is 29.3. The van der Waals surface area contributed by atoms with Gasteiger partial charge in [0.2, 0.25) is 5.91 Å². The molecule has 2 aliphatic heterocycles. The molecular formula is C61H105NO13. The Hall–Kier alpha value is -2.83. The summed E-state index contributed by atoms with van der Waals surface area (Å²) in [6.07, 6.45) is 44.8. The first kappa shape index (κ1) is 68.3. The predicted octanol–water partition coefficient (Wildman–Crippen LogP) is 9.72. The van der Waals surface area contributed by atoms with E-state index >= 15 is 0 Å². The van der Waals surface area contributed by atoms with Crippen LogP contribution in [0.3, 0.4) is 0 Å². The van der Waals surface area contributed by atoms with Crippen LogP contribution in [0.1, 0.15) is 200 Å². The van der Waals surface area contributed by atoms with Gasteiger partial charge in [-0.1, -0.05) is 195 Å². The van der Waals surface area contributed by atoms with Gasteiger partial charge < -0.3 is 65.1 Å². The van der Waals surface area contributed by atoms with Crippen LogP contribution in [-0.2, 0) is 23.7 Å². The Morgan fingerprint density at radius 2 is 0.933 bits per heavy atom. The second-order valence-electron chi connectivity index (χ2n) is 20.4. The van der Waals surface area contributed by atoms with Gasteiger partial charge in [-0.15, -0.1) is 0 Å². The second kappa shape index (κ2) is 46.1. The maximum atomic E-state index is 13.2. The highest BCUT2D eigenvalue weighted by molar-refractivity contribution is 5.76. The van der Waals surface area contributed by atoms with Crippen molar-refractivity contribution in [1.29, 1.82) is 0 Å². The molecule has 0 aliphatic carbocycles. The molecule has 0 aromatic rings. The van der Waals surface area contributed by atoms with Crippen molar-refractivity contribution in [2.45, 2.75) is 274 Å². The maximum absolute atomic E-state index is 13.2. The molecule has 0 bridgehead atoms. The lowest BCUT2D eigenvalue weighted by atomic mass is 9.97. The summed E-state index contributed by atoms with van der Waals surface area (Å²) in [6.45, 7) is 2.62. The van der Waals surface area contributed by atoms with Crippen molar-refractivity contribution in [3.05, 3.63) is 85.1 Å². The molecule has 0 saturated carbocycles. The van der Waals surface area contributed by atoms with E-state index in [1.54, 1.807) is 6.08 Å². The molecule has 75 heavy (non-hydrogen) atoms. The van der Waals surface area contributed by atoms with E-state index < -0.39 is 86.8 Å². The largest absolute Gasteiger partial charge is 0.394 e. The summed E-state index contributed by atoms with van der Waals surface area (Å²) in [5.41, 5.74) is 0. The summed E-state index contributed by atoms with van der Waals surface area (Å²) >= 11 is 0. The third kappa shape index (κ3) is 32.0. The predicted molar refractivity (Wildman–Crippen MR) is 300 cm³/mol. The number of aliphatic hydroxyl groups excluding tert-OH is 8. The van der Waals surface area contributed by atoms with Crippen LogP contribution in [-0.4, -0.2) is 140 Å². The van der Waals surface area contributed by atoms with Gasteiger partial charge in [0.25, 0.3) is 0 Å². The Labute approximate surface area is 452 Å². The van der Waals surface area contributed by atoms with Gasteiger partial charge in [-0.25, -0.2) is 0 Å². The molecule has 0 aromatic carbocycles. The number of hydrogen-bond donors (Lipinski definition) is 9. The van der Waals surface area contributed by atoms with E-state index in [1.807, 2.05) is 6.08 Å². The van der Waals surface area contributed by atoms with Gasteiger partial charge in [0, 0.05) is 6.42 Å². The maximum Gasteiger partial charge on any atom is 0.220 e. The summed E-state index contributed by atoms with van der Waals surface area (Å²) in [6, 6.07) is -0.941. The molecule has 14 heteroatoms. The van der Waals surface area contributed by atoms with E-state index in [0.29, 0.717) is 12.8 Å². The topological polar surface area (TPSA) is 228 Å². The number of carbonyl (C=O) groups is 1. The SMILES string of the molecule is CC/C=C\C/C=C\C/C=C\C/C=C\CCCCCCCCCCCCCCCCC(=O)NC(COC1OC(CO)C(OC2OC(CO)C(O)C(O)C2O)C(O)C1O)C(O)/C=C/CC/C=C/CC/C=C/CCCCCC. The fourth-order valence-electron chi connectivity index (χ4n) is 9.08. The number of aliphatic hydroxyl groups is 8. The van der Waals surface area contributed by atoms with Crippen molar-refractivity contribution in [3.63, 3.8) is 0 Å². The molecule has 432 valence electrons. The summed E-state index contributed by atoms with van der Waals surface area (Å²) in [7, 11) is 0. The number of carbonyl (C=O) groups excluding carboxylic acids is 1. The van der Waals surface area contributed by atoms with Crippen LogP contribution in [0.2, 0.25) is 0 Å². The third-order valence-corrected chi connectivity index (χ3v) is 13.8. The summed E-state index contributed by atoms with van der Waals surface area (Å²) in [5, 5.41) is 86.9. The Morgan fingerprint density at radius 1 is 0.493 bits per heavy atom. The van der Waals surface area contributed by atoms with Crippen LogP contribution >= 0.6 is 0 Å². The van der Waals surface area contributed by atoms with Gasteiger partial charge in [0.1, 0.15) is 48.8 Å². The Bertz CT molecular complexity index is 1580. The fourth-order valence-corrected chi connectivity index (χ4v) is 9.08. The quantitative estimate of drug-likeness (QED) is 0.0205.